The van der Waals surface area contributed by atoms with E-state index in [0.717, 1.165) is 6.42 Å². The monoisotopic (exact) mass is 535 g/mol. The van der Waals surface area contributed by atoms with Gasteiger partial charge in [-0.25, -0.2) is 18.4 Å². The van der Waals surface area contributed by atoms with Gasteiger partial charge in [0.25, 0.3) is 0 Å². The third-order valence-corrected chi connectivity index (χ3v) is 8.99. The molecular weight excluding hydrogens is 506 g/mol. The minimum absolute atomic E-state index is 0.0580. The molecule has 0 aliphatic carbocycles. The van der Waals surface area contributed by atoms with Crippen molar-refractivity contribution >= 4 is 21.4 Å². The first-order valence-corrected chi connectivity index (χ1v) is 13.7. The number of aromatic nitrogens is 5. The Balaban J connectivity index is 1.77. The van der Waals surface area contributed by atoms with Gasteiger partial charge in [-0.3, -0.25) is 4.57 Å². The minimum Gasteiger partial charge on any atom is -0.494 e. The first-order chi connectivity index (χ1) is 17.2. The molecule has 4 atom stereocenters. The summed E-state index contributed by atoms with van der Waals surface area (Å²) in [5, 5.41) is 8.37. The van der Waals surface area contributed by atoms with Crippen molar-refractivity contribution in [3.8, 4) is 17.2 Å². The smallest absolute Gasteiger partial charge is 0.160 e. The zero-order valence-electron chi connectivity index (χ0n) is 20.9. The second kappa shape index (κ2) is 10.7. The topological polar surface area (TPSA) is 118 Å². The van der Waals surface area contributed by atoms with Crippen LogP contribution >= 0.6 is 11.6 Å². The number of hydrogen-bond donors (Lipinski definition) is 0. The third kappa shape index (κ3) is 5.18. The van der Waals surface area contributed by atoms with Gasteiger partial charge in [-0.2, -0.15) is 0 Å². The van der Waals surface area contributed by atoms with Crippen molar-refractivity contribution < 1.29 is 22.6 Å². The van der Waals surface area contributed by atoms with Crippen LogP contribution in [0.4, 0.5) is 0 Å². The van der Waals surface area contributed by atoms with Crippen LogP contribution in [0.1, 0.15) is 56.5 Å². The molecule has 0 radical (unpaired) electrons. The summed E-state index contributed by atoms with van der Waals surface area (Å²) in [5.41, 5.74) is 0.550. The van der Waals surface area contributed by atoms with Crippen molar-refractivity contribution in [1.82, 2.24) is 24.7 Å². The number of rotatable bonds is 9. The predicted molar refractivity (Wildman–Crippen MR) is 135 cm³/mol. The van der Waals surface area contributed by atoms with Crippen molar-refractivity contribution in [2.24, 2.45) is 0 Å². The Morgan fingerprint density at radius 2 is 1.78 bits per heavy atom. The fourth-order valence-electron chi connectivity index (χ4n) is 4.37. The number of methoxy groups -OCH3 is 2. The molecule has 12 heteroatoms. The van der Waals surface area contributed by atoms with Crippen molar-refractivity contribution in [2.45, 2.75) is 56.1 Å². The molecule has 1 saturated heterocycles. The number of ether oxygens (including phenoxy) is 3. The van der Waals surface area contributed by atoms with E-state index < -0.39 is 21.0 Å². The van der Waals surface area contributed by atoms with E-state index >= 15 is 0 Å². The SMILES string of the molecule is COc1cccc(OC)c1-n1c(CS(=O)(=O)[C@@H](C)[C@H](C)c2ncc(Cl)cn2)nnc1[C@H]1CO[C@@H](C)C1. The van der Waals surface area contributed by atoms with E-state index in [-0.39, 0.29) is 23.6 Å². The zero-order chi connectivity index (χ0) is 26.0. The Labute approximate surface area is 215 Å². The van der Waals surface area contributed by atoms with Crippen LogP contribution in [-0.4, -0.2) is 65.3 Å². The van der Waals surface area contributed by atoms with Crippen LogP contribution in [0.5, 0.6) is 11.5 Å². The van der Waals surface area contributed by atoms with Gasteiger partial charge in [-0.05, 0) is 32.4 Å². The number of sulfone groups is 1. The fourth-order valence-corrected chi connectivity index (χ4v) is 6.02. The van der Waals surface area contributed by atoms with E-state index in [1.54, 1.807) is 50.8 Å². The van der Waals surface area contributed by atoms with Crippen LogP contribution in [-0.2, 0) is 20.3 Å². The van der Waals surface area contributed by atoms with E-state index in [4.69, 9.17) is 25.8 Å². The summed E-state index contributed by atoms with van der Waals surface area (Å²) in [5.74, 6) is 1.43. The maximum atomic E-state index is 13.6. The highest BCUT2D eigenvalue weighted by Gasteiger charge is 2.35. The molecule has 0 bridgehead atoms. The zero-order valence-corrected chi connectivity index (χ0v) is 22.5. The lowest BCUT2D eigenvalue weighted by molar-refractivity contribution is 0.123. The average molecular weight is 536 g/mol. The highest BCUT2D eigenvalue weighted by atomic mass is 35.5. The van der Waals surface area contributed by atoms with Crippen LogP contribution < -0.4 is 9.47 Å². The molecular formula is C24H30ClN5O5S. The molecule has 36 heavy (non-hydrogen) atoms. The summed E-state index contributed by atoms with van der Waals surface area (Å²) in [4.78, 5) is 8.41. The van der Waals surface area contributed by atoms with Crippen LogP contribution in [0.2, 0.25) is 5.02 Å². The van der Waals surface area contributed by atoms with Crippen molar-refractivity contribution in [3.63, 3.8) is 0 Å². The summed E-state index contributed by atoms with van der Waals surface area (Å²) >= 11 is 5.89. The van der Waals surface area contributed by atoms with Gasteiger partial charge in [0.15, 0.2) is 15.7 Å². The van der Waals surface area contributed by atoms with Crippen molar-refractivity contribution in [1.29, 1.82) is 0 Å². The number of para-hydroxylation sites is 1. The van der Waals surface area contributed by atoms with E-state index in [2.05, 4.69) is 20.2 Å². The van der Waals surface area contributed by atoms with E-state index in [1.165, 1.54) is 12.4 Å². The molecule has 2 aromatic heterocycles. The first-order valence-electron chi connectivity index (χ1n) is 11.6. The molecule has 0 spiro atoms. The molecule has 3 aromatic rings. The molecule has 0 unspecified atom stereocenters. The molecule has 1 aromatic carbocycles. The standard InChI is InChI=1S/C24H30ClN5O5S/c1-14-9-17(12-35-14)24-29-28-21(30(24)22-19(33-4)7-6-8-20(22)34-5)13-36(31,32)16(3)15(2)23-26-10-18(25)11-27-23/h6-8,10-11,14-17H,9,12-13H2,1-5H3/t14-,15-,16-,17+/m0/s1. The molecule has 1 fully saturated rings. The Kier molecular flexibility index (Phi) is 7.82. The van der Waals surface area contributed by atoms with Gasteiger partial charge in [-0.1, -0.05) is 24.6 Å². The molecule has 0 saturated carbocycles. The highest BCUT2D eigenvalue weighted by molar-refractivity contribution is 7.91. The van der Waals surface area contributed by atoms with Gasteiger partial charge in [0.2, 0.25) is 0 Å². The van der Waals surface area contributed by atoms with Gasteiger partial charge in [0, 0.05) is 24.2 Å². The summed E-state index contributed by atoms with van der Waals surface area (Å²) < 4.78 is 46.0. The van der Waals surface area contributed by atoms with Crippen LogP contribution in [0, 0.1) is 0 Å². The van der Waals surface area contributed by atoms with Crippen LogP contribution in [0.25, 0.3) is 5.69 Å². The van der Waals surface area contributed by atoms with Crippen LogP contribution in [0.3, 0.4) is 0 Å². The summed E-state index contributed by atoms with van der Waals surface area (Å²) in [6.07, 6.45) is 3.72. The fraction of sp³-hybridized carbons (Fsp3) is 0.500. The van der Waals surface area contributed by atoms with Crippen molar-refractivity contribution in [2.75, 3.05) is 20.8 Å². The second-order valence-electron chi connectivity index (χ2n) is 8.96. The first kappa shape index (κ1) is 26.3. The number of benzene rings is 1. The van der Waals surface area contributed by atoms with Crippen molar-refractivity contribution in [3.05, 3.63) is 53.1 Å². The third-order valence-electron chi connectivity index (χ3n) is 6.59. The maximum absolute atomic E-state index is 13.6. The predicted octanol–water partition coefficient (Wildman–Crippen LogP) is 3.73. The number of halogens is 1. The van der Waals surface area contributed by atoms with E-state index in [0.29, 0.717) is 40.5 Å². The Hall–Kier alpha value is -2.76. The molecule has 0 N–H and O–H groups in total. The second-order valence-corrected chi connectivity index (χ2v) is 11.8. The largest absolute Gasteiger partial charge is 0.494 e. The Morgan fingerprint density at radius 3 is 2.33 bits per heavy atom. The lowest BCUT2D eigenvalue weighted by Crippen LogP contribution is -2.27. The molecule has 4 rings (SSSR count). The maximum Gasteiger partial charge on any atom is 0.160 e. The number of hydrogen-bond acceptors (Lipinski definition) is 9. The highest BCUT2D eigenvalue weighted by Crippen LogP contribution is 2.38. The normalized spacial score (nSPS) is 19.7. The van der Waals surface area contributed by atoms with Gasteiger partial charge < -0.3 is 14.2 Å². The average Bonchev–Trinajstić information content (AvgIpc) is 3.48. The van der Waals surface area contributed by atoms with Gasteiger partial charge in [0.1, 0.15) is 34.6 Å². The minimum atomic E-state index is -3.71. The summed E-state index contributed by atoms with van der Waals surface area (Å²) in [6, 6.07) is 5.38. The van der Waals surface area contributed by atoms with Crippen LogP contribution in [0.15, 0.2) is 30.6 Å². The van der Waals surface area contributed by atoms with Gasteiger partial charge in [-0.15, -0.1) is 10.2 Å². The number of nitrogens with zero attached hydrogens (tertiary/aromatic N) is 5. The molecule has 3 heterocycles. The lowest BCUT2D eigenvalue weighted by atomic mass is 10.1. The lowest BCUT2D eigenvalue weighted by Gasteiger charge is -2.21. The van der Waals surface area contributed by atoms with Gasteiger partial charge >= 0.3 is 0 Å². The molecule has 1 aliphatic rings. The Bertz CT molecular complexity index is 1290. The molecule has 0 amide bonds. The van der Waals surface area contributed by atoms with Gasteiger partial charge in [0.05, 0.1) is 37.2 Å². The molecule has 10 nitrogen and oxygen atoms in total. The van der Waals surface area contributed by atoms with E-state index in [1.807, 2.05) is 6.92 Å². The summed E-state index contributed by atoms with van der Waals surface area (Å²) in [6.45, 7) is 5.89. The quantitative estimate of drug-likeness (QED) is 0.403. The van der Waals surface area contributed by atoms with E-state index in [9.17, 15) is 8.42 Å². The molecule has 1 aliphatic heterocycles. The summed E-state index contributed by atoms with van der Waals surface area (Å²) in [7, 11) is -0.609. The molecule has 194 valence electrons. The Morgan fingerprint density at radius 1 is 1.14 bits per heavy atom.